The molecule has 0 aliphatic heterocycles. The molecular weight excluding hydrogens is 198 g/mol. The molecule has 1 N–H and O–H groups in total. The van der Waals surface area contributed by atoms with Gasteiger partial charge in [-0.2, -0.15) is 0 Å². The summed E-state index contributed by atoms with van der Waals surface area (Å²) >= 11 is 6.04. The number of hydrogen-bond acceptors (Lipinski definition) is 2. The molecular formula is C11H16ClNO. The molecule has 1 rings (SSSR count). The van der Waals surface area contributed by atoms with E-state index in [9.17, 15) is 0 Å². The van der Waals surface area contributed by atoms with Gasteiger partial charge in [0.25, 0.3) is 0 Å². The standard InChI is InChI=1S/C11H16ClNO/c1-8-6-10(14-5-4-13-3)7-9(2)11(8)12/h6-7,13H,4-5H2,1-3H3. The molecule has 0 atom stereocenters. The van der Waals surface area contributed by atoms with Crippen LogP contribution in [0.5, 0.6) is 5.75 Å². The van der Waals surface area contributed by atoms with Crippen LogP contribution in [0, 0.1) is 13.8 Å². The van der Waals surface area contributed by atoms with E-state index in [2.05, 4.69) is 5.32 Å². The fraction of sp³-hybridized carbons (Fsp3) is 0.455. The lowest BCUT2D eigenvalue weighted by Gasteiger charge is -2.09. The second kappa shape index (κ2) is 5.23. The van der Waals surface area contributed by atoms with E-state index in [1.165, 1.54) is 0 Å². The molecule has 1 aromatic carbocycles. The van der Waals surface area contributed by atoms with Gasteiger partial charge < -0.3 is 10.1 Å². The van der Waals surface area contributed by atoms with Gasteiger partial charge in [-0.1, -0.05) is 11.6 Å². The summed E-state index contributed by atoms with van der Waals surface area (Å²) in [6, 6.07) is 3.93. The minimum absolute atomic E-state index is 0.678. The first kappa shape index (κ1) is 11.3. The van der Waals surface area contributed by atoms with E-state index in [1.807, 2.05) is 33.0 Å². The Bertz CT molecular complexity index is 289. The maximum Gasteiger partial charge on any atom is 0.119 e. The van der Waals surface area contributed by atoms with Crippen LogP contribution in [0.15, 0.2) is 12.1 Å². The van der Waals surface area contributed by atoms with Gasteiger partial charge in [0.1, 0.15) is 12.4 Å². The number of ether oxygens (including phenoxy) is 1. The molecule has 0 heterocycles. The average molecular weight is 214 g/mol. The van der Waals surface area contributed by atoms with Crippen molar-refractivity contribution in [2.75, 3.05) is 20.2 Å². The minimum Gasteiger partial charge on any atom is -0.492 e. The van der Waals surface area contributed by atoms with Gasteiger partial charge in [-0.05, 0) is 44.2 Å². The summed E-state index contributed by atoms with van der Waals surface area (Å²) in [5, 5.41) is 3.85. The second-order valence-electron chi connectivity index (χ2n) is 3.32. The molecule has 3 heteroatoms. The van der Waals surface area contributed by atoms with Crippen molar-refractivity contribution in [1.29, 1.82) is 0 Å². The number of nitrogens with one attached hydrogen (secondary N) is 1. The molecule has 0 aliphatic carbocycles. The third-order valence-electron chi connectivity index (χ3n) is 2.03. The highest BCUT2D eigenvalue weighted by atomic mass is 35.5. The van der Waals surface area contributed by atoms with Gasteiger partial charge in [-0.15, -0.1) is 0 Å². The van der Waals surface area contributed by atoms with Gasteiger partial charge in [0.05, 0.1) is 0 Å². The smallest absolute Gasteiger partial charge is 0.119 e. The Labute approximate surface area is 90.2 Å². The van der Waals surface area contributed by atoms with E-state index in [1.54, 1.807) is 0 Å². The second-order valence-corrected chi connectivity index (χ2v) is 3.70. The fourth-order valence-corrected chi connectivity index (χ4v) is 1.37. The Morgan fingerprint density at radius 1 is 1.29 bits per heavy atom. The van der Waals surface area contributed by atoms with Crippen molar-refractivity contribution in [3.05, 3.63) is 28.3 Å². The molecule has 0 fully saturated rings. The highest BCUT2D eigenvalue weighted by Crippen LogP contribution is 2.25. The number of rotatable bonds is 4. The van der Waals surface area contributed by atoms with Gasteiger partial charge in [0.15, 0.2) is 0 Å². The molecule has 0 saturated heterocycles. The van der Waals surface area contributed by atoms with Crippen LogP contribution in [-0.2, 0) is 0 Å². The van der Waals surface area contributed by atoms with Crippen molar-refractivity contribution < 1.29 is 4.74 Å². The van der Waals surface area contributed by atoms with Gasteiger partial charge in [-0.25, -0.2) is 0 Å². The lowest BCUT2D eigenvalue weighted by Crippen LogP contribution is -2.16. The van der Waals surface area contributed by atoms with Gasteiger partial charge in [0, 0.05) is 11.6 Å². The monoisotopic (exact) mass is 213 g/mol. The maximum atomic E-state index is 6.04. The molecule has 0 aromatic heterocycles. The van der Waals surface area contributed by atoms with Crippen LogP contribution in [0.3, 0.4) is 0 Å². The Morgan fingerprint density at radius 3 is 2.36 bits per heavy atom. The van der Waals surface area contributed by atoms with Crippen LogP contribution >= 0.6 is 11.6 Å². The summed E-state index contributed by atoms with van der Waals surface area (Å²) < 4.78 is 5.54. The molecule has 0 amide bonds. The predicted molar refractivity (Wildman–Crippen MR) is 60.3 cm³/mol. The van der Waals surface area contributed by atoms with Crippen molar-refractivity contribution >= 4 is 11.6 Å². The third kappa shape index (κ3) is 2.89. The minimum atomic E-state index is 0.678. The molecule has 0 unspecified atom stereocenters. The molecule has 1 aromatic rings. The van der Waals surface area contributed by atoms with Crippen LogP contribution in [-0.4, -0.2) is 20.2 Å². The molecule has 14 heavy (non-hydrogen) atoms. The van der Waals surface area contributed by atoms with Gasteiger partial charge in [-0.3, -0.25) is 0 Å². The van der Waals surface area contributed by atoms with Crippen molar-refractivity contribution in [2.24, 2.45) is 0 Å². The van der Waals surface area contributed by atoms with E-state index in [0.717, 1.165) is 28.4 Å². The van der Waals surface area contributed by atoms with E-state index in [4.69, 9.17) is 16.3 Å². The summed E-state index contributed by atoms with van der Waals surface area (Å²) in [7, 11) is 1.90. The van der Waals surface area contributed by atoms with Crippen molar-refractivity contribution in [1.82, 2.24) is 5.32 Å². The first-order valence-electron chi connectivity index (χ1n) is 4.69. The first-order chi connectivity index (χ1) is 6.65. The van der Waals surface area contributed by atoms with E-state index in [0.29, 0.717) is 6.61 Å². The van der Waals surface area contributed by atoms with Crippen molar-refractivity contribution in [3.8, 4) is 5.75 Å². The highest BCUT2D eigenvalue weighted by Gasteiger charge is 2.02. The molecule has 0 radical (unpaired) electrons. The Kier molecular flexibility index (Phi) is 4.23. The zero-order valence-corrected chi connectivity index (χ0v) is 9.61. The van der Waals surface area contributed by atoms with Crippen molar-refractivity contribution in [2.45, 2.75) is 13.8 Å². The summed E-state index contributed by atoms with van der Waals surface area (Å²) in [6.45, 7) is 5.50. The SMILES string of the molecule is CNCCOc1cc(C)c(Cl)c(C)c1. The van der Waals surface area contributed by atoms with Crippen molar-refractivity contribution in [3.63, 3.8) is 0 Å². The first-order valence-corrected chi connectivity index (χ1v) is 5.07. The number of benzene rings is 1. The zero-order chi connectivity index (χ0) is 10.6. The Balaban J connectivity index is 2.69. The van der Waals surface area contributed by atoms with Crippen LogP contribution in [0.2, 0.25) is 5.02 Å². The topological polar surface area (TPSA) is 21.3 Å². The summed E-state index contributed by atoms with van der Waals surface area (Å²) in [5.74, 6) is 0.889. The number of hydrogen-bond donors (Lipinski definition) is 1. The Morgan fingerprint density at radius 2 is 1.86 bits per heavy atom. The van der Waals surface area contributed by atoms with Gasteiger partial charge in [0.2, 0.25) is 0 Å². The number of likely N-dealkylation sites (N-methyl/N-ethyl adjacent to an activating group) is 1. The van der Waals surface area contributed by atoms with E-state index >= 15 is 0 Å². The molecule has 0 bridgehead atoms. The molecule has 0 spiro atoms. The van der Waals surface area contributed by atoms with Crippen LogP contribution < -0.4 is 10.1 Å². The fourth-order valence-electron chi connectivity index (χ4n) is 1.26. The van der Waals surface area contributed by atoms with E-state index < -0.39 is 0 Å². The summed E-state index contributed by atoms with van der Waals surface area (Å²) in [6.07, 6.45) is 0. The molecule has 2 nitrogen and oxygen atoms in total. The number of halogens is 1. The lowest BCUT2D eigenvalue weighted by molar-refractivity contribution is 0.318. The molecule has 0 aliphatic rings. The zero-order valence-electron chi connectivity index (χ0n) is 8.86. The quantitative estimate of drug-likeness (QED) is 0.777. The Hall–Kier alpha value is -0.730. The lowest BCUT2D eigenvalue weighted by atomic mass is 10.1. The third-order valence-corrected chi connectivity index (χ3v) is 2.63. The van der Waals surface area contributed by atoms with Crippen LogP contribution in [0.4, 0.5) is 0 Å². The van der Waals surface area contributed by atoms with Crippen LogP contribution in [0.25, 0.3) is 0 Å². The summed E-state index contributed by atoms with van der Waals surface area (Å²) in [4.78, 5) is 0. The summed E-state index contributed by atoms with van der Waals surface area (Å²) in [5.41, 5.74) is 2.12. The predicted octanol–water partition coefficient (Wildman–Crippen LogP) is 2.56. The average Bonchev–Trinajstić information content (AvgIpc) is 2.14. The molecule has 0 saturated carbocycles. The van der Waals surface area contributed by atoms with Crippen LogP contribution in [0.1, 0.15) is 11.1 Å². The number of aryl methyl sites for hydroxylation is 2. The van der Waals surface area contributed by atoms with Gasteiger partial charge >= 0.3 is 0 Å². The largest absolute Gasteiger partial charge is 0.492 e. The molecule has 78 valence electrons. The van der Waals surface area contributed by atoms with E-state index in [-0.39, 0.29) is 0 Å². The normalized spacial score (nSPS) is 10.3. The maximum absolute atomic E-state index is 6.04. The highest BCUT2D eigenvalue weighted by molar-refractivity contribution is 6.32.